The van der Waals surface area contributed by atoms with Crippen molar-refractivity contribution in [1.29, 1.82) is 0 Å². The van der Waals surface area contributed by atoms with E-state index in [0.29, 0.717) is 0 Å². The van der Waals surface area contributed by atoms with Gasteiger partial charge in [-0.25, -0.2) is 0 Å². The minimum atomic E-state index is -0.156. The molecule has 0 aliphatic carbocycles. The number of ether oxygens (including phenoxy) is 1. The second-order valence-electron chi connectivity index (χ2n) is 5.57. The summed E-state index contributed by atoms with van der Waals surface area (Å²) in [4.78, 5) is 0. The van der Waals surface area contributed by atoms with Crippen molar-refractivity contribution in [3.05, 3.63) is 70.5 Å². The molecule has 0 aliphatic rings. The SMILES string of the molecule is CCn1c(SCc2ccc(Br)cc2)nnc1[C@H](C)Oc1ccccc1. The molecule has 0 unspecified atom stereocenters. The Morgan fingerprint density at radius 3 is 2.48 bits per heavy atom. The molecule has 0 N–H and O–H groups in total. The fraction of sp³-hybridized carbons (Fsp3) is 0.263. The zero-order valence-electron chi connectivity index (χ0n) is 14.2. The number of hydrogen-bond donors (Lipinski definition) is 0. The average molecular weight is 418 g/mol. The van der Waals surface area contributed by atoms with Crippen molar-refractivity contribution in [3.8, 4) is 5.75 Å². The third kappa shape index (κ3) is 4.64. The largest absolute Gasteiger partial charge is 0.483 e. The maximum Gasteiger partial charge on any atom is 0.191 e. The van der Waals surface area contributed by atoms with E-state index in [9.17, 15) is 0 Å². The van der Waals surface area contributed by atoms with Crippen LogP contribution in [0.2, 0.25) is 0 Å². The van der Waals surface area contributed by atoms with Crippen LogP contribution in [-0.4, -0.2) is 14.8 Å². The number of halogens is 1. The summed E-state index contributed by atoms with van der Waals surface area (Å²) in [7, 11) is 0. The molecule has 3 rings (SSSR count). The van der Waals surface area contributed by atoms with Gasteiger partial charge in [0, 0.05) is 16.8 Å². The third-order valence-corrected chi connectivity index (χ3v) is 5.33. The molecular weight excluding hydrogens is 398 g/mol. The molecule has 4 nitrogen and oxygen atoms in total. The summed E-state index contributed by atoms with van der Waals surface area (Å²) in [6.45, 7) is 4.92. The molecule has 0 bridgehead atoms. The van der Waals surface area contributed by atoms with Gasteiger partial charge in [0.2, 0.25) is 0 Å². The van der Waals surface area contributed by atoms with Gasteiger partial charge in [0.25, 0.3) is 0 Å². The minimum absolute atomic E-state index is 0.156. The van der Waals surface area contributed by atoms with Crippen LogP contribution in [0.4, 0.5) is 0 Å². The van der Waals surface area contributed by atoms with E-state index in [-0.39, 0.29) is 6.10 Å². The zero-order valence-corrected chi connectivity index (χ0v) is 16.6. The summed E-state index contributed by atoms with van der Waals surface area (Å²) >= 11 is 5.16. The number of hydrogen-bond acceptors (Lipinski definition) is 4. The van der Waals surface area contributed by atoms with E-state index in [2.05, 4.69) is 61.9 Å². The van der Waals surface area contributed by atoms with Crippen LogP contribution in [0.3, 0.4) is 0 Å². The van der Waals surface area contributed by atoms with Crippen LogP contribution in [0.25, 0.3) is 0 Å². The highest BCUT2D eigenvalue weighted by molar-refractivity contribution is 9.10. The lowest BCUT2D eigenvalue weighted by Crippen LogP contribution is -2.11. The van der Waals surface area contributed by atoms with Gasteiger partial charge in [-0.2, -0.15) is 0 Å². The molecule has 1 atom stereocenters. The molecule has 0 aliphatic heterocycles. The van der Waals surface area contributed by atoms with Gasteiger partial charge in [0.15, 0.2) is 17.1 Å². The van der Waals surface area contributed by atoms with Crippen molar-refractivity contribution in [2.75, 3.05) is 0 Å². The van der Waals surface area contributed by atoms with E-state index in [1.54, 1.807) is 11.8 Å². The van der Waals surface area contributed by atoms with Gasteiger partial charge in [-0.15, -0.1) is 10.2 Å². The number of para-hydroxylation sites is 1. The Kier molecular flexibility index (Phi) is 6.15. The zero-order chi connectivity index (χ0) is 17.6. The minimum Gasteiger partial charge on any atom is -0.483 e. The van der Waals surface area contributed by atoms with E-state index < -0.39 is 0 Å². The van der Waals surface area contributed by atoms with E-state index in [0.717, 1.165) is 33.5 Å². The van der Waals surface area contributed by atoms with Crippen LogP contribution in [-0.2, 0) is 12.3 Å². The molecule has 2 aromatic carbocycles. The van der Waals surface area contributed by atoms with Crippen molar-refractivity contribution in [3.63, 3.8) is 0 Å². The van der Waals surface area contributed by atoms with Gasteiger partial charge in [-0.1, -0.05) is 58.0 Å². The lowest BCUT2D eigenvalue weighted by Gasteiger charge is -2.15. The Balaban J connectivity index is 1.70. The van der Waals surface area contributed by atoms with Crippen molar-refractivity contribution >= 4 is 27.7 Å². The summed E-state index contributed by atoms with van der Waals surface area (Å²) in [5.74, 6) is 2.55. The first kappa shape index (κ1) is 18.0. The van der Waals surface area contributed by atoms with Crippen LogP contribution < -0.4 is 4.74 Å². The second-order valence-corrected chi connectivity index (χ2v) is 7.43. The molecule has 1 aromatic heterocycles. The fourth-order valence-corrected chi connectivity index (χ4v) is 3.72. The number of nitrogens with zero attached hydrogens (tertiary/aromatic N) is 3. The molecular formula is C19H20BrN3OS. The quantitative estimate of drug-likeness (QED) is 0.476. The highest BCUT2D eigenvalue weighted by Crippen LogP contribution is 2.26. The molecule has 0 spiro atoms. The first-order chi connectivity index (χ1) is 12.2. The lowest BCUT2D eigenvalue weighted by molar-refractivity contribution is 0.210. The van der Waals surface area contributed by atoms with Crippen LogP contribution in [0.5, 0.6) is 5.75 Å². The Morgan fingerprint density at radius 2 is 1.80 bits per heavy atom. The summed E-state index contributed by atoms with van der Waals surface area (Å²) in [5.41, 5.74) is 1.26. The Hall–Kier alpha value is -1.79. The van der Waals surface area contributed by atoms with Crippen molar-refractivity contribution in [2.45, 2.75) is 37.4 Å². The van der Waals surface area contributed by atoms with Crippen molar-refractivity contribution in [2.24, 2.45) is 0 Å². The maximum absolute atomic E-state index is 5.99. The highest BCUT2D eigenvalue weighted by Gasteiger charge is 2.18. The second kappa shape index (κ2) is 8.54. The van der Waals surface area contributed by atoms with E-state index in [4.69, 9.17) is 4.74 Å². The molecule has 1 heterocycles. The molecule has 0 radical (unpaired) electrons. The standard InChI is InChI=1S/C19H20BrN3OS/c1-3-23-18(14(2)24-17-7-5-4-6-8-17)21-22-19(23)25-13-15-9-11-16(20)12-10-15/h4-12,14H,3,13H2,1-2H3/t14-/m0/s1. The third-order valence-electron chi connectivity index (χ3n) is 3.76. The summed E-state index contributed by atoms with van der Waals surface area (Å²) in [6, 6.07) is 18.2. The topological polar surface area (TPSA) is 39.9 Å². The van der Waals surface area contributed by atoms with Gasteiger partial charge in [0.05, 0.1) is 0 Å². The van der Waals surface area contributed by atoms with Gasteiger partial charge in [-0.05, 0) is 43.7 Å². The normalized spacial score (nSPS) is 12.1. The van der Waals surface area contributed by atoms with Gasteiger partial charge < -0.3 is 9.30 Å². The molecule has 3 aromatic rings. The van der Waals surface area contributed by atoms with Gasteiger partial charge in [-0.3, -0.25) is 0 Å². The first-order valence-corrected chi connectivity index (χ1v) is 9.97. The van der Waals surface area contributed by atoms with Gasteiger partial charge >= 0.3 is 0 Å². The fourth-order valence-electron chi connectivity index (χ4n) is 2.49. The van der Waals surface area contributed by atoms with Crippen LogP contribution in [0.15, 0.2) is 64.2 Å². The summed E-state index contributed by atoms with van der Waals surface area (Å²) in [6.07, 6.45) is -0.156. The van der Waals surface area contributed by atoms with Crippen molar-refractivity contribution in [1.82, 2.24) is 14.8 Å². The summed E-state index contributed by atoms with van der Waals surface area (Å²) < 4.78 is 9.21. The lowest BCUT2D eigenvalue weighted by atomic mass is 10.2. The number of aromatic nitrogens is 3. The number of thioether (sulfide) groups is 1. The molecule has 0 amide bonds. The smallest absolute Gasteiger partial charge is 0.191 e. The Labute approximate surface area is 160 Å². The predicted octanol–water partition coefficient (Wildman–Crippen LogP) is 5.49. The maximum atomic E-state index is 5.99. The van der Waals surface area contributed by atoms with Crippen LogP contribution >= 0.6 is 27.7 Å². The molecule has 25 heavy (non-hydrogen) atoms. The van der Waals surface area contributed by atoms with Gasteiger partial charge in [0.1, 0.15) is 5.75 Å². The number of benzene rings is 2. The summed E-state index contributed by atoms with van der Waals surface area (Å²) in [5, 5.41) is 9.66. The molecule has 0 saturated heterocycles. The van der Waals surface area contributed by atoms with Crippen LogP contribution in [0, 0.1) is 0 Å². The van der Waals surface area contributed by atoms with Crippen LogP contribution in [0.1, 0.15) is 31.3 Å². The predicted molar refractivity (Wildman–Crippen MR) is 105 cm³/mol. The first-order valence-electron chi connectivity index (χ1n) is 8.19. The molecule has 0 fully saturated rings. The van der Waals surface area contributed by atoms with Crippen molar-refractivity contribution < 1.29 is 4.74 Å². The molecule has 6 heteroatoms. The Bertz CT molecular complexity index is 805. The van der Waals surface area contributed by atoms with E-state index in [1.807, 2.05) is 37.3 Å². The number of rotatable bonds is 7. The molecule has 0 saturated carbocycles. The average Bonchev–Trinajstić information content (AvgIpc) is 3.05. The highest BCUT2D eigenvalue weighted by atomic mass is 79.9. The van der Waals surface area contributed by atoms with E-state index in [1.165, 1.54) is 5.56 Å². The molecule has 130 valence electrons. The monoisotopic (exact) mass is 417 g/mol. The van der Waals surface area contributed by atoms with E-state index >= 15 is 0 Å². The Morgan fingerprint density at radius 1 is 1.08 bits per heavy atom.